The maximum absolute atomic E-state index is 14.5. The Bertz CT molecular complexity index is 1100. The van der Waals surface area contributed by atoms with E-state index in [1.807, 2.05) is 4.90 Å². The Labute approximate surface area is 170 Å². The fraction of sp³-hybridized carbons (Fsp3) is 0.300. The fourth-order valence-corrected chi connectivity index (χ4v) is 3.75. The molecule has 3 aromatic rings. The van der Waals surface area contributed by atoms with Crippen LogP contribution in [0.15, 0.2) is 30.6 Å². The predicted octanol–water partition coefficient (Wildman–Crippen LogP) is 4.31. The molecule has 1 N–H and O–H groups in total. The first-order valence-corrected chi connectivity index (χ1v) is 9.53. The van der Waals surface area contributed by atoms with E-state index in [4.69, 9.17) is 16.7 Å². The van der Waals surface area contributed by atoms with Crippen LogP contribution >= 0.6 is 11.6 Å². The van der Waals surface area contributed by atoms with E-state index in [0.717, 1.165) is 18.6 Å². The molecule has 1 saturated heterocycles. The molecule has 6 nitrogen and oxygen atoms in total. The molecule has 9 heteroatoms. The molecule has 0 saturated carbocycles. The van der Waals surface area contributed by atoms with Crippen molar-refractivity contribution in [2.75, 3.05) is 18.0 Å². The summed E-state index contributed by atoms with van der Waals surface area (Å²) in [6.07, 6.45) is 4.74. The molecule has 4 rings (SSSR count). The zero-order chi connectivity index (χ0) is 20.5. The van der Waals surface area contributed by atoms with Gasteiger partial charge in [-0.1, -0.05) is 11.6 Å². The summed E-state index contributed by atoms with van der Waals surface area (Å²) in [5, 5.41) is 9.30. The summed E-state index contributed by atoms with van der Waals surface area (Å²) in [6, 6.07) is 3.58. The van der Waals surface area contributed by atoms with E-state index < -0.39 is 17.6 Å². The van der Waals surface area contributed by atoms with Crippen molar-refractivity contribution >= 4 is 34.3 Å². The van der Waals surface area contributed by atoms with Gasteiger partial charge < -0.3 is 10.0 Å². The Morgan fingerprint density at radius 2 is 2.10 bits per heavy atom. The molecule has 0 radical (unpaired) electrons. The summed E-state index contributed by atoms with van der Waals surface area (Å²) in [5.41, 5.74) is 0.484. The molecular weight excluding hydrogens is 402 g/mol. The highest BCUT2D eigenvalue weighted by molar-refractivity contribution is 6.30. The molecule has 29 heavy (non-hydrogen) atoms. The minimum absolute atomic E-state index is 0.0563. The van der Waals surface area contributed by atoms with Crippen LogP contribution < -0.4 is 4.90 Å². The largest absolute Gasteiger partial charge is 0.481 e. The number of carboxylic acid groups (broad SMARTS) is 1. The standard InChI is InChI=1S/C20H17ClF2N4O2/c21-14-8-15(22)12(7-16(14)23)19-25-17-3-5-24-9-13(17)20(26-19)27-6-4-11(10-27)1-2-18(28)29/h3,5,7-9,11H,1-2,4,6,10H2,(H,28,29). The second kappa shape index (κ2) is 7.87. The number of carbonyl (C=O) groups is 1. The number of anilines is 1. The maximum Gasteiger partial charge on any atom is 0.303 e. The Morgan fingerprint density at radius 1 is 1.28 bits per heavy atom. The van der Waals surface area contributed by atoms with Gasteiger partial charge >= 0.3 is 5.97 Å². The third kappa shape index (κ3) is 3.98. The molecule has 1 aromatic carbocycles. The van der Waals surface area contributed by atoms with Crippen LogP contribution in [-0.2, 0) is 4.79 Å². The zero-order valence-electron chi connectivity index (χ0n) is 15.3. The number of hydrogen-bond acceptors (Lipinski definition) is 5. The average Bonchev–Trinajstić information content (AvgIpc) is 3.17. The van der Waals surface area contributed by atoms with Gasteiger partial charge in [0.2, 0.25) is 0 Å². The third-order valence-corrected chi connectivity index (χ3v) is 5.37. The van der Waals surface area contributed by atoms with E-state index in [1.54, 1.807) is 18.5 Å². The van der Waals surface area contributed by atoms with E-state index in [2.05, 4.69) is 15.0 Å². The van der Waals surface area contributed by atoms with Gasteiger partial charge in [-0.25, -0.2) is 18.7 Å². The highest BCUT2D eigenvalue weighted by Gasteiger charge is 2.26. The first-order valence-electron chi connectivity index (χ1n) is 9.16. The van der Waals surface area contributed by atoms with Gasteiger partial charge in [0.1, 0.15) is 17.5 Å². The summed E-state index contributed by atoms with van der Waals surface area (Å²) in [5.74, 6) is -1.43. The highest BCUT2D eigenvalue weighted by Crippen LogP contribution is 2.33. The van der Waals surface area contributed by atoms with E-state index in [9.17, 15) is 13.6 Å². The maximum atomic E-state index is 14.5. The quantitative estimate of drug-likeness (QED) is 0.622. The third-order valence-electron chi connectivity index (χ3n) is 5.08. The summed E-state index contributed by atoms with van der Waals surface area (Å²) in [4.78, 5) is 25.9. The average molecular weight is 419 g/mol. The lowest BCUT2D eigenvalue weighted by molar-refractivity contribution is -0.137. The first kappa shape index (κ1) is 19.4. The molecule has 1 atom stereocenters. The van der Waals surface area contributed by atoms with Gasteiger partial charge in [-0.2, -0.15) is 0 Å². The van der Waals surface area contributed by atoms with Gasteiger partial charge in [0.25, 0.3) is 0 Å². The van der Waals surface area contributed by atoms with Crippen molar-refractivity contribution in [3.8, 4) is 11.4 Å². The van der Waals surface area contributed by atoms with Gasteiger partial charge in [-0.3, -0.25) is 9.78 Å². The number of aromatic nitrogens is 3. The van der Waals surface area contributed by atoms with Crippen LogP contribution in [0.1, 0.15) is 19.3 Å². The molecular formula is C20H17ClF2N4O2. The molecule has 150 valence electrons. The summed E-state index contributed by atoms with van der Waals surface area (Å²) in [7, 11) is 0. The van der Waals surface area contributed by atoms with Crippen LogP contribution in [0.5, 0.6) is 0 Å². The second-order valence-corrected chi connectivity index (χ2v) is 7.45. The van der Waals surface area contributed by atoms with E-state index in [1.165, 1.54) is 0 Å². The molecule has 0 aliphatic carbocycles. The smallest absolute Gasteiger partial charge is 0.303 e. The Balaban J connectivity index is 1.75. The first-order chi connectivity index (χ1) is 13.9. The molecule has 0 spiro atoms. The summed E-state index contributed by atoms with van der Waals surface area (Å²) in [6.45, 7) is 1.31. The van der Waals surface area contributed by atoms with Crippen LogP contribution in [0.2, 0.25) is 5.02 Å². The van der Waals surface area contributed by atoms with Crippen molar-refractivity contribution in [1.82, 2.24) is 15.0 Å². The minimum atomic E-state index is -0.817. The van der Waals surface area contributed by atoms with Crippen LogP contribution in [0.25, 0.3) is 22.3 Å². The van der Waals surface area contributed by atoms with Crippen molar-refractivity contribution < 1.29 is 18.7 Å². The zero-order valence-corrected chi connectivity index (χ0v) is 16.0. The number of hydrogen-bond donors (Lipinski definition) is 1. The number of fused-ring (bicyclic) bond motifs is 1. The highest BCUT2D eigenvalue weighted by atomic mass is 35.5. The summed E-state index contributed by atoms with van der Waals surface area (Å²) < 4.78 is 28.4. The normalized spacial score (nSPS) is 16.5. The molecule has 0 amide bonds. The number of aliphatic carboxylic acids is 1. The lowest BCUT2D eigenvalue weighted by atomic mass is 10.0. The Morgan fingerprint density at radius 3 is 2.90 bits per heavy atom. The van der Waals surface area contributed by atoms with Gasteiger partial charge in [0, 0.05) is 31.9 Å². The molecule has 1 aliphatic heterocycles. The number of rotatable bonds is 5. The fourth-order valence-electron chi connectivity index (χ4n) is 3.60. The lowest BCUT2D eigenvalue weighted by Gasteiger charge is -2.20. The molecule has 1 aliphatic rings. The predicted molar refractivity (Wildman–Crippen MR) is 105 cm³/mol. The molecule has 3 heterocycles. The monoisotopic (exact) mass is 418 g/mol. The van der Waals surface area contributed by atoms with Gasteiger partial charge in [0.05, 0.1) is 21.5 Å². The van der Waals surface area contributed by atoms with Crippen molar-refractivity contribution in [1.29, 1.82) is 0 Å². The Kier molecular flexibility index (Phi) is 5.27. The number of carboxylic acids is 1. The number of nitrogens with zero attached hydrogens (tertiary/aromatic N) is 4. The lowest BCUT2D eigenvalue weighted by Crippen LogP contribution is -2.22. The number of benzene rings is 1. The van der Waals surface area contributed by atoms with E-state index in [-0.39, 0.29) is 28.7 Å². The van der Waals surface area contributed by atoms with Gasteiger partial charge in [-0.15, -0.1) is 0 Å². The van der Waals surface area contributed by atoms with Crippen molar-refractivity contribution in [3.05, 3.63) is 47.2 Å². The summed E-state index contributed by atoms with van der Waals surface area (Å²) >= 11 is 5.66. The van der Waals surface area contributed by atoms with Crippen LogP contribution in [0.4, 0.5) is 14.6 Å². The van der Waals surface area contributed by atoms with Gasteiger partial charge in [0.15, 0.2) is 5.82 Å². The van der Waals surface area contributed by atoms with Crippen LogP contribution in [0, 0.1) is 17.6 Å². The van der Waals surface area contributed by atoms with Crippen LogP contribution in [0.3, 0.4) is 0 Å². The van der Waals surface area contributed by atoms with Crippen molar-refractivity contribution in [2.24, 2.45) is 5.92 Å². The SMILES string of the molecule is O=C(O)CCC1CCN(c2nc(-c3cc(F)c(Cl)cc3F)nc3ccncc23)C1. The number of halogens is 3. The molecule has 1 unspecified atom stereocenters. The molecule has 1 fully saturated rings. The minimum Gasteiger partial charge on any atom is -0.481 e. The Hall–Kier alpha value is -2.87. The van der Waals surface area contributed by atoms with Crippen LogP contribution in [-0.4, -0.2) is 39.1 Å². The molecule has 0 bridgehead atoms. The molecule has 2 aromatic heterocycles. The number of pyridine rings is 1. The topological polar surface area (TPSA) is 79.2 Å². The van der Waals surface area contributed by atoms with Crippen molar-refractivity contribution in [3.63, 3.8) is 0 Å². The van der Waals surface area contributed by atoms with Crippen molar-refractivity contribution in [2.45, 2.75) is 19.3 Å². The van der Waals surface area contributed by atoms with Gasteiger partial charge in [-0.05, 0) is 37.0 Å². The second-order valence-electron chi connectivity index (χ2n) is 7.04. The van der Waals surface area contributed by atoms with E-state index in [0.29, 0.717) is 36.2 Å². The van der Waals surface area contributed by atoms with E-state index >= 15 is 0 Å².